The van der Waals surface area contributed by atoms with E-state index in [9.17, 15) is 0 Å². The minimum atomic E-state index is 0.481. The first-order valence-electron chi connectivity index (χ1n) is 6.48. The van der Waals surface area contributed by atoms with Crippen LogP contribution in [-0.4, -0.2) is 6.04 Å². The fourth-order valence-corrected chi connectivity index (χ4v) is 2.41. The van der Waals surface area contributed by atoms with Gasteiger partial charge < -0.3 is 14.5 Å². The van der Waals surface area contributed by atoms with Crippen LogP contribution in [0, 0.1) is 3.57 Å². The van der Waals surface area contributed by atoms with Gasteiger partial charge in [0.2, 0.25) is 0 Å². The summed E-state index contributed by atoms with van der Waals surface area (Å²) in [6.07, 6.45) is 4.33. The van der Waals surface area contributed by atoms with Crippen molar-refractivity contribution in [1.82, 2.24) is 5.32 Å². The molecule has 1 saturated carbocycles. The van der Waals surface area contributed by atoms with Crippen molar-refractivity contribution < 1.29 is 9.15 Å². The largest absolute Gasteiger partial charge is 0.486 e. The number of hydrogen-bond donors (Lipinski definition) is 1. The highest BCUT2D eigenvalue weighted by atomic mass is 127. The number of rotatable bonds is 6. The van der Waals surface area contributed by atoms with Gasteiger partial charge in [-0.05, 0) is 59.7 Å². The Morgan fingerprint density at radius 2 is 2.21 bits per heavy atom. The van der Waals surface area contributed by atoms with Crippen molar-refractivity contribution in [3.05, 3.63) is 51.5 Å². The van der Waals surface area contributed by atoms with Crippen molar-refractivity contribution in [3.63, 3.8) is 0 Å². The quantitative estimate of drug-likeness (QED) is 0.789. The van der Waals surface area contributed by atoms with Crippen molar-refractivity contribution >= 4 is 22.6 Å². The third-order valence-corrected chi connectivity index (χ3v) is 3.83. The Labute approximate surface area is 126 Å². The average Bonchev–Trinajstić information content (AvgIpc) is 3.13. The molecule has 1 heterocycles. The summed E-state index contributed by atoms with van der Waals surface area (Å²) < 4.78 is 12.4. The monoisotopic (exact) mass is 369 g/mol. The lowest BCUT2D eigenvalue weighted by atomic mass is 10.2. The molecule has 1 aromatic carbocycles. The van der Waals surface area contributed by atoms with E-state index in [1.165, 1.54) is 22.0 Å². The summed E-state index contributed by atoms with van der Waals surface area (Å²) in [4.78, 5) is 0. The molecule has 0 amide bonds. The zero-order valence-corrected chi connectivity index (χ0v) is 12.7. The van der Waals surface area contributed by atoms with Crippen LogP contribution in [-0.2, 0) is 13.2 Å². The second-order valence-corrected chi connectivity index (χ2v) is 6.02. The molecule has 1 aliphatic rings. The van der Waals surface area contributed by atoms with Crippen LogP contribution in [0.2, 0.25) is 0 Å². The first-order valence-corrected chi connectivity index (χ1v) is 7.56. The summed E-state index contributed by atoms with van der Waals surface area (Å²) in [5.74, 6) is 1.79. The van der Waals surface area contributed by atoms with Gasteiger partial charge in [0.05, 0.1) is 6.26 Å². The fraction of sp³-hybridized carbons (Fsp3) is 0.333. The van der Waals surface area contributed by atoms with E-state index >= 15 is 0 Å². The SMILES string of the molecule is Ic1cccc(OCc2occc2CNC2CC2)c1. The lowest BCUT2D eigenvalue weighted by Crippen LogP contribution is -2.16. The van der Waals surface area contributed by atoms with E-state index in [1.807, 2.05) is 30.3 Å². The molecule has 0 bridgehead atoms. The Bertz CT molecular complexity index is 549. The van der Waals surface area contributed by atoms with Crippen LogP contribution in [0.5, 0.6) is 5.75 Å². The predicted molar refractivity (Wildman–Crippen MR) is 82.1 cm³/mol. The van der Waals surface area contributed by atoms with Gasteiger partial charge in [-0.3, -0.25) is 0 Å². The minimum Gasteiger partial charge on any atom is -0.486 e. The normalized spacial score (nSPS) is 14.6. The molecular weight excluding hydrogens is 353 g/mol. The van der Waals surface area contributed by atoms with Gasteiger partial charge in [-0.2, -0.15) is 0 Å². The Morgan fingerprint density at radius 3 is 3.00 bits per heavy atom. The van der Waals surface area contributed by atoms with Crippen LogP contribution >= 0.6 is 22.6 Å². The van der Waals surface area contributed by atoms with Crippen LogP contribution in [0.1, 0.15) is 24.2 Å². The Balaban J connectivity index is 1.58. The third kappa shape index (κ3) is 3.73. The van der Waals surface area contributed by atoms with E-state index in [4.69, 9.17) is 9.15 Å². The highest BCUT2D eigenvalue weighted by molar-refractivity contribution is 14.1. The molecule has 19 heavy (non-hydrogen) atoms. The first kappa shape index (κ1) is 13.0. The Kier molecular flexibility index (Phi) is 4.08. The van der Waals surface area contributed by atoms with E-state index in [-0.39, 0.29) is 0 Å². The average molecular weight is 369 g/mol. The van der Waals surface area contributed by atoms with Gasteiger partial charge in [-0.1, -0.05) is 6.07 Å². The second kappa shape index (κ2) is 5.96. The molecule has 1 aliphatic carbocycles. The lowest BCUT2D eigenvalue weighted by Gasteiger charge is -2.07. The van der Waals surface area contributed by atoms with E-state index < -0.39 is 0 Å². The van der Waals surface area contributed by atoms with Gasteiger partial charge in [0.15, 0.2) is 0 Å². The van der Waals surface area contributed by atoms with Crippen LogP contribution in [0.25, 0.3) is 0 Å². The summed E-state index contributed by atoms with van der Waals surface area (Å²) in [7, 11) is 0. The Hall–Kier alpha value is -1.01. The maximum atomic E-state index is 5.77. The van der Waals surface area contributed by atoms with Crippen molar-refractivity contribution in [2.45, 2.75) is 32.0 Å². The van der Waals surface area contributed by atoms with Crippen molar-refractivity contribution in [2.75, 3.05) is 0 Å². The van der Waals surface area contributed by atoms with E-state index in [1.54, 1.807) is 6.26 Å². The van der Waals surface area contributed by atoms with Crippen LogP contribution in [0.4, 0.5) is 0 Å². The molecule has 3 rings (SSSR count). The minimum absolute atomic E-state index is 0.481. The summed E-state index contributed by atoms with van der Waals surface area (Å²) in [5.41, 5.74) is 1.19. The van der Waals surface area contributed by atoms with Gasteiger partial charge in [0.1, 0.15) is 18.1 Å². The molecular formula is C15H16INO2. The molecule has 0 spiro atoms. The molecule has 0 atom stereocenters. The number of ether oxygens (including phenoxy) is 1. The molecule has 4 heteroatoms. The number of benzene rings is 1. The number of hydrogen-bond acceptors (Lipinski definition) is 3. The van der Waals surface area contributed by atoms with Gasteiger partial charge in [0.25, 0.3) is 0 Å². The summed E-state index contributed by atoms with van der Waals surface area (Å²) in [5, 5.41) is 3.49. The molecule has 1 aromatic heterocycles. The van der Waals surface area contributed by atoms with Crippen molar-refractivity contribution in [1.29, 1.82) is 0 Å². The molecule has 100 valence electrons. The number of nitrogens with one attached hydrogen (secondary N) is 1. The Morgan fingerprint density at radius 1 is 1.32 bits per heavy atom. The smallest absolute Gasteiger partial charge is 0.146 e. The van der Waals surface area contributed by atoms with Crippen LogP contribution < -0.4 is 10.1 Å². The molecule has 0 unspecified atom stereocenters. The first-order chi connectivity index (χ1) is 9.31. The van der Waals surface area contributed by atoms with Gasteiger partial charge in [-0.25, -0.2) is 0 Å². The molecule has 2 aromatic rings. The van der Waals surface area contributed by atoms with E-state index in [0.29, 0.717) is 12.6 Å². The summed E-state index contributed by atoms with van der Waals surface area (Å²) in [6, 6.07) is 10.8. The standard InChI is InChI=1S/C15H16INO2/c16-12-2-1-3-14(8-12)19-10-15-11(6-7-18-15)9-17-13-4-5-13/h1-3,6-8,13,17H,4-5,9-10H2. The molecule has 0 saturated heterocycles. The second-order valence-electron chi connectivity index (χ2n) is 4.77. The van der Waals surface area contributed by atoms with Crippen molar-refractivity contribution in [2.24, 2.45) is 0 Å². The molecule has 1 fully saturated rings. The fourth-order valence-electron chi connectivity index (χ4n) is 1.90. The van der Waals surface area contributed by atoms with Crippen molar-refractivity contribution in [3.8, 4) is 5.75 Å². The van der Waals surface area contributed by atoms with Gasteiger partial charge in [0, 0.05) is 21.7 Å². The number of halogens is 1. The topological polar surface area (TPSA) is 34.4 Å². The zero-order chi connectivity index (χ0) is 13.1. The van der Waals surface area contributed by atoms with Crippen LogP contribution in [0.15, 0.2) is 41.0 Å². The molecule has 3 nitrogen and oxygen atoms in total. The van der Waals surface area contributed by atoms with Crippen LogP contribution in [0.3, 0.4) is 0 Å². The maximum Gasteiger partial charge on any atom is 0.146 e. The highest BCUT2D eigenvalue weighted by Gasteiger charge is 2.20. The van der Waals surface area contributed by atoms with E-state index in [0.717, 1.165) is 18.1 Å². The maximum absolute atomic E-state index is 5.77. The summed E-state index contributed by atoms with van der Waals surface area (Å²) in [6.45, 7) is 1.35. The summed E-state index contributed by atoms with van der Waals surface area (Å²) >= 11 is 2.28. The van der Waals surface area contributed by atoms with E-state index in [2.05, 4.69) is 27.9 Å². The predicted octanol–water partition coefficient (Wildman–Crippen LogP) is 3.72. The molecule has 0 radical (unpaired) electrons. The lowest BCUT2D eigenvalue weighted by molar-refractivity contribution is 0.268. The van der Waals surface area contributed by atoms with Gasteiger partial charge >= 0.3 is 0 Å². The third-order valence-electron chi connectivity index (χ3n) is 3.16. The molecule has 1 N–H and O–H groups in total. The number of furan rings is 1. The molecule has 0 aliphatic heterocycles. The zero-order valence-electron chi connectivity index (χ0n) is 10.6. The van der Waals surface area contributed by atoms with Gasteiger partial charge in [-0.15, -0.1) is 0 Å². The highest BCUT2D eigenvalue weighted by Crippen LogP contribution is 2.21.